The lowest BCUT2D eigenvalue weighted by Crippen LogP contribution is -2.26. The van der Waals surface area contributed by atoms with Crippen LogP contribution in [0, 0.1) is 16.7 Å². The van der Waals surface area contributed by atoms with Gasteiger partial charge in [0.05, 0.1) is 6.07 Å². The fraction of sp³-hybridized carbons (Fsp3) is 0.158. The molecule has 14 heteroatoms. The van der Waals surface area contributed by atoms with Crippen molar-refractivity contribution < 1.29 is 35.4 Å². The monoisotopic (exact) mass is 734 g/mol. The van der Waals surface area contributed by atoms with Crippen LogP contribution in [0.2, 0.25) is 0 Å². The lowest BCUT2D eigenvalue weighted by Gasteiger charge is -2.33. The average molecular weight is 735 g/mol. The molecule has 0 aromatic heterocycles. The Hall–Kier alpha value is -6.22. The van der Waals surface area contributed by atoms with Crippen LogP contribution in [0.15, 0.2) is 119 Å². The Labute approximate surface area is 300 Å². The maximum Gasteiger partial charge on any atom is 0.379 e. The lowest BCUT2D eigenvalue weighted by atomic mass is 9.71. The first-order valence-corrected chi connectivity index (χ1v) is 18.8. The van der Waals surface area contributed by atoms with Gasteiger partial charge in [-0.3, -0.25) is 0 Å². The van der Waals surface area contributed by atoms with Crippen molar-refractivity contribution in [2.45, 2.75) is 42.4 Å². The predicted molar refractivity (Wildman–Crippen MR) is 191 cm³/mol. The maximum atomic E-state index is 13.4. The highest BCUT2D eigenvalue weighted by atomic mass is 32.2. The number of diazo groups is 2. The molecule has 6 aromatic carbocycles. The summed E-state index contributed by atoms with van der Waals surface area (Å²) in [5.41, 5.74) is 0.391. The van der Waals surface area contributed by atoms with E-state index in [0.29, 0.717) is 6.42 Å². The minimum absolute atomic E-state index is 0.0156. The summed E-state index contributed by atoms with van der Waals surface area (Å²) in [5.74, 6) is -0.964. The van der Waals surface area contributed by atoms with Crippen LogP contribution >= 0.6 is 0 Å². The van der Waals surface area contributed by atoms with E-state index in [0.717, 1.165) is 17.2 Å². The van der Waals surface area contributed by atoms with Crippen LogP contribution in [0.5, 0.6) is 23.0 Å². The maximum absolute atomic E-state index is 13.4. The number of nitrogens with zero attached hydrogens (tertiary/aromatic N) is 4. The molecule has 0 heterocycles. The Morgan fingerprint density at radius 2 is 1.08 bits per heavy atom. The van der Waals surface area contributed by atoms with Gasteiger partial charge in [0.15, 0.2) is 9.95 Å². The second kappa shape index (κ2) is 13.5. The molecule has 6 rings (SSSR count). The summed E-state index contributed by atoms with van der Waals surface area (Å²) < 4.78 is 64.6. The SMILES string of the molecule is CC(C)CC(C)(c1ccc(OS(=O)(=O)c2cccc3c([O-])c([N+]#N)ccc23)cc1)c1ccc(OS(=O)(=O)c2cc([N+]#N)c([O-])c3ccccc23)cc1. The summed E-state index contributed by atoms with van der Waals surface area (Å²) >= 11 is 0. The van der Waals surface area contributed by atoms with Gasteiger partial charge in [-0.05, 0) is 82.1 Å². The van der Waals surface area contributed by atoms with Gasteiger partial charge in [-0.15, -0.1) is 0 Å². The molecule has 262 valence electrons. The number of hydrogen-bond acceptors (Lipinski definition) is 10. The fourth-order valence-electron chi connectivity index (χ4n) is 6.49. The van der Waals surface area contributed by atoms with E-state index in [4.69, 9.17) is 13.8 Å². The van der Waals surface area contributed by atoms with Gasteiger partial charge in [-0.1, -0.05) is 81.4 Å². The standard InChI is InChI=1S/C38H30N4O8S2/c1-23(2)22-38(3,24-11-15-26(16-12-24)49-51(45,46)34-10-6-9-31-29(34)19-20-32(41-39)36(31)43)25-13-17-27(18-14-25)50-52(47,48)35-21-33(42-40)37(44)30-8-5-4-7-28(30)35/h4-21,23H,22H2,1-3H3. The van der Waals surface area contributed by atoms with Gasteiger partial charge < -0.3 is 18.6 Å². The van der Waals surface area contributed by atoms with Crippen LogP contribution in [0.1, 0.15) is 38.3 Å². The smallest absolute Gasteiger partial charge is 0.379 e. The van der Waals surface area contributed by atoms with Crippen LogP contribution in [0.4, 0.5) is 11.4 Å². The zero-order valence-electron chi connectivity index (χ0n) is 28.0. The Kier molecular flexibility index (Phi) is 9.23. The molecule has 0 saturated carbocycles. The van der Waals surface area contributed by atoms with Crippen LogP contribution in [-0.2, 0) is 25.7 Å². The molecule has 1 unspecified atom stereocenters. The first kappa shape index (κ1) is 35.6. The number of benzene rings is 6. The lowest BCUT2D eigenvalue weighted by molar-refractivity contribution is -0.265. The van der Waals surface area contributed by atoms with Crippen molar-refractivity contribution in [1.29, 1.82) is 10.8 Å². The molecule has 52 heavy (non-hydrogen) atoms. The minimum atomic E-state index is -4.47. The molecule has 0 spiro atoms. The van der Waals surface area contributed by atoms with Crippen molar-refractivity contribution in [3.05, 3.63) is 130 Å². The van der Waals surface area contributed by atoms with E-state index >= 15 is 0 Å². The van der Waals surface area contributed by atoms with E-state index in [2.05, 4.69) is 23.8 Å². The molecule has 0 aliphatic rings. The van der Waals surface area contributed by atoms with Gasteiger partial charge >= 0.3 is 31.6 Å². The van der Waals surface area contributed by atoms with E-state index in [-0.39, 0.29) is 54.4 Å². The van der Waals surface area contributed by atoms with Crippen molar-refractivity contribution in [2.75, 3.05) is 0 Å². The number of rotatable bonds is 10. The van der Waals surface area contributed by atoms with Gasteiger partial charge in [0, 0.05) is 22.3 Å². The first-order chi connectivity index (χ1) is 24.7. The van der Waals surface area contributed by atoms with Gasteiger partial charge in [0.2, 0.25) is 10.8 Å². The molecule has 0 bridgehead atoms. The summed E-state index contributed by atoms with van der Waals surface area (Å²) in [6.45, 7) is 6.14. The third-order valence-electron chi connectivity index (χ3n) is 8.85. The zero-order chi connectivity index (χ0) is 37.4. The average Bonchev–Trinajstić information content (AvgIpc) is 3.11. The third kappa shape index (κ3) is 6.53. The molecule has 0 saturated heterocycles. The molecule has 0 aliphatic carbocycles. The summed E-state index contributed by atoms with van der Waals surface area (Å²) in [7, 11) is -8.85. The topological polar surface area (TPSA) is 189 Å². The highest BCUT2D eigenvalue weighted by Crippen LogP contribution is 2.41. The van der Waals surface area contributed by atoms with Crippen molar-refractivity contribution in [1.82, 2.24) is 0 Å². The van der Waals surface area contributed by atoms with Gasteiger partial charge in [-0.25, -0.2) is 0 Å². The van der Waals surface area contributed by atoms with Crippen molar-refractivity contribution in [3.8, 4) is 23.0 Å². The Morgan fingerprint density at radius 1 is 0.615 bits per heavy atom. The molecule has 0 N–H and O–H groups in total. The number of fused-ring (bicyclic) bond motifs is 2. The molecule has 0 amide bonds. The largest absolute Gasteiger partial charge is 0.867 e. The van der Waals surface area contributed by atoms with Crippen LogP contribution in [0.3, 0.4) is 0 Å². The van der Waals surface area contributed by atoms with E-state index in [1.54, 1.807) is 36.4 Å². The molecule has 6 aromatic rings. The van der Waals surface area contributed by atoms with Crippen LogP contribution in [-0.4, -0.2) is 16.8 Å². The summed E-state index contributed by atoms with van der Waals surface area (Å²) in [6.07, 6.45) is 0.667. The van der Waals surface area contributed by atoms with Crippen LogP contribution < -0.4 is 18.6 Å². The molecule has 0 aliphatic heterocycles. The predicted octanol–water partition coefficient (Wildman–Crippen LogP) is 8.00. The molecule has 0 radical (unpaired) electrons. The third-order valence-corrected chi connectivity index (χ3v) is 11.4. The van der Waals surface area contributed by atoms with Crippen LogP contribution in [0.25, 0.3) is 31.5 Å². The van der Waals surface area contributed by atoms with Crippen molar-refractivity contribution in [2.24, 2.45) is 5.92 Å². The van der Waals surface area contributed by atoms with Crippen molar-refractivity contribution in [3.63, 3.8) is 0 Å². The molecular weight excluding hydrogens is 705 g/mol. The molecule has 1 atom stereocenters. The number of hydrogen-bond donors (Lipinski definition) is 0. The summed E-state index contributed by atoms with van der Waals surface area (Å²) in [4.78, 5) is 5.37. The molecule has 12 nitrogen and oxygen atoms in total. The summed E-state index contributed by atoms with van der Waals surface area (Å²) in [5, 5.41) is 44.0. The van der Waals surface area contributed by atoms with E-state index in [1.165, 1.54) is 66.7 Å². The minimum Gasteiger partial charge on any atom is -0.867 e. The van der Waals surface area contributed by atoms with Gasteiger partial charge in [0.1, 0.15) is 21.3 Å². The first-order valence-electron chi connectivity index (χ1n) is 15.9. The quantitative estimate of drug-likeness (QED) is 0.0985. The zero-order valence-corrected chi connectivity index (χ0v) is 29.7. The van der Waals surface area contributed by atoms with Gasteiger partial charge in [0.25, 0.3) is 0 Å². The Morgan fingerprint density at radius 3 is 1.60 bits per heavy atom. The molecular formula is C38H30N4O8S2. The normalized spacial score (nSPS) is 13.0. The fourth-order valence-corrected chi connectivity index (χ4v) is 8.79. The van der Waals surface area contributed by atoms with E-state index in [9.17, 15) is 32.4 Å². The summed E-state index contributed by atoms with van der Waals surface area (Å²) in [6, 6.07) is 26.9. The molecule has 0 fully saturated rings. The highest BCUT2D eigenvalue weighted by Gasteiger charge is 2.31. The van der Waals surface area contributed by atoms with E-state index < -0.39 is 42.8 Å². The Bertz CT molecular complexity index is 2670. The second-order valence-electron chi connectivity index (χ2n) is 12.8. The highest BCUT2D eigenvalue weighted by molar-refractivity contribution is 7.87. The second-order valence-corrected chi connectivity index (χ2v) is 15.8. The van der Waals surface area contributed by atoms with E-state index in [1.807, 2.05) is 6.92 Å². The Balaban J connectivity index is 1.27. The van der Waals surface area contributed by atoms with Gasteiger partial charge in [-0.2, -0.15) is 16.8 Å². The van der Waals surface area contributed by atoms with Crippen molar-refractivity contribution >= 4 is 53.2 Å².